The third-order valence-electron chi connectivity index (χ3n) is 8.17. The first-order chi connectivity index (χ1) is 18.5. The molecule has 0 aliphatic carbocycles. The summed E-state index contributed by atoms with van der Waals surface area (Å²) in [6, 6.07) is 1.49. The summed E-state index contributed by atoms with van der Waals surface area (Å²) < 4.78 is 5.91. The number of unbranched alkanes of at least 4 members (excludes halogenated alkanes) is 20. The number of aromatic hydroxyl groups is 2. The van der Waals surface area contributed by atoms with Crippen LogP contribution in [0.4, 0.5) is 0 Å². The van der Waals surface area contributed by atoms with Gasteiger partial charge in [-0.05, 0) is 20.3 Å². The van der Waals surface area contributed by atoms with Crippen LogP contribution in [0.2, 0.25) is 0 Å². The van der Waals surface area contributed by atoms with Crippen LogP contribution in [0.5, 0.6) is 11.5 Å². The Hall–Kier alpha value is -1.97. The minimum Gasteiger partial charge on any atom is -0.507 e. The predicted octanol–water partition coefficient (Wildman–Crippen LogP) is 10.6. The zero-order valence-electron chi connectivity index (χ0n) is 24.8. The zero-order chi connectivity index (χ0) is 27.6. The number of phenols is 2. The summed E-state index contributed by atoms with van der Waals surface area (Å²) in [5.41, 5.74) is 0.887. The lowest BCUT2D eigenvalue weighted by molar-refractivity contribution is 0.439. The standard InChI is InChI=1S/C34H56O4/c1-4-5-6-7-8-9-10-11-12-13-14-15-16-17-18-19-20-21-22-23-24-25-29-26-30(35)31-33(37)27(2)32(36)28(3)34(31)38-29/h26,36-37H,4-25H2,1-3H3. The number of phenolic OH excluding ortho intramolecular Hbond substituents is 2. The van der Waals surface area contributed by atoms with Crippen molar-refractivity contribution >= 4 is 11.0 Å². The number of hydrogen-bond donors (Lipinski definition) is 2. The van der Waals surface area contributed by atoms with Crippen LogP contribution in [0.1, 0.15) is 159 Å². The van der Waals surface area contributed by atoms with Crippen molar-refractivity contribution in [1.29, 1.82) is 0 Å². The van der Waals surface area contributed by atoms with Crippen molar-refractivity contribution in [2.24, 2.45) is 0 Å². The highest BCUT2D eigenvalue weighted by Gasteiger charge is 2.18. The van der Waals surface area contributed by atoms with Crippen LogP contribution in [0.15, 0.2) is 15.3 Å². The molecule has 1 aromatic carbocycles. The summed E-state index contributed by atoms with van der Waals surface area (Å²) >= 11 is 0. The molecule has 2 aromatic rings. The highest BCUT2D eigenvalue weighted by molar-refractivity contribution is 5.89. The molecule has 4 nitrogen and oxygen atoms in total. The van der Waals surface area contributed by atoms with Crippen molar-refractivity contribution < 1.29 is 14.6 Å². The van der Waals surface area contributed by atoms with E-state index in [0.717, 1.165) is 12.8 Å². The Labute approximate surface area is 232 Å². The van der Waals surface area contributed by atoms with Crippen molar-refractivity contribution in [1.82, 2.24) is 0 Å². The average Bonchev–Trinajstić information content (AvgIpc) is 2.91. The molecule has 2 rings (SSSR count). The zero-order valence-corrected chi connectivity index (χ0v) is 24.8. The minimum absolute atomic E-state index is 0.00983. The molecule has 0 amide bonds. The Balaban J connectivity index is 1.43. The highest BCUT2D eigenvalue weighted by Crippen LogP contribution is 2.37. The molecule has 1 aromatic heterocycles. The van der Waals surface area contributed by atoms with Crippen LogP contribution < -0.4 is 5.43 Å². The molecule has 0 aliphatic rings. The molecule has 4 heteroatoms. The van der Waals surface area contributed by atoms with E-state index in [9.17, 15) is 15.0 Å². The van der Waals surface area contributed by atoms with Gasteiger partial charge in [-0.1, -0.05) is 135 Å². The lowest BCUT2D eigenvalue weighted by atomic mass is 10.0. The first kappa shape index (κ1) is 32.2. The molecule has 1 heterocycles. The van der Waals surface area contributed by atoms with Gasteiger partial charge in [-0.15, -0.1) is 0 Å². The molecule has 0 saturated carbocycles. The van der Waals surface area contributed by atoms with Gasteiger partial charge >= 0.3 is 0 Å². The summed E-state index contributed by atoms with van der Waals surface area (Å²) in [7, 11) is 0. The second-order valence-corrected chi connectivity index (χ2v) is 11.5. The van der Waals surface area contributed by atoms with E-state index in [0.29, 0.717) is 28.9 Å². The van der Waals surface area contributed by atoms with Crippen molar-refractivity contribution in [2.75, 3.05) is 0 Å². The van der Waals surface area contributed by atoms with Gasteiger partial charge in [0.25, 0.3) is 0 Å². The van der Waals surface area contributed by atoms with Crippen LogP contribution in [0, 0.1) is 13.8 Å². The Kier molecular flexibility index (Phi) is 16.2. The van der Waals surface area contributed by atoms with Crippen LogP contribution >= 0.6 is 0 Å². The van der Waals surface area contributed by atoms with Crippen molar-refractivity contribution in [3.63, 3.8) is 0 Å². The largest absolute Gasteiger partial charge is 0.507 e. The van der Waals surface area contributed by atoms with E-state index in [1.807, 2.05) is 0 Å². The molecule has 0 radical (unpaired) electrons. The van der Waals surface area contributed by atoms with Gasteiger partial charge in [0.15, 0.2) is 5.43 Å². The molecule has 2 N–H and O–H groups in total. The fourth-order valence-electron chi connectivity index (χ4n) is 5.57. The summed E-state index contributed by atoms with van der Waals surface area (Å²) in [6.45, 7) is 5.61. The first-order valence-corrected chi connectivity index (χ1v) is 15.9. The number of rotatable bonds is 22. The van der Waals surface area contributed by atoms with E-state index >= 15 is 0 Å². The fraction of sp³-hybridized carbons (Fsp3) is 0.735. The molecule has 0 saturated heterocycles. The molecule has 216 valence electrons. The molecule has 0 fully saturated rings. The molecular weight excluding hydrogens is 472 g/mol. The maximum atomic E-state index is 12.6. The van der Waals surface area contributed by atoms with Gasteiger partial charge in [-0.3, -0.25) is 4.79 Å². The van der Waals surface area contributed by atoms with Gasteiger partial charge < -0.3 is 14.6 Å². The lowest BCUT2D eigenvalue weighted by Gasteiger charge is -2.11. The van der Waals surface area contributed by atoms with Gasteiger partial charge in [0.05, 0.1) is 0 Å². The van der Waals surface area contributed by atoms with E-state index in [4.69, 9.17) is 4.42 Å². The topological polar surface area (TPSA) is 70.7 Å². The molecule has 0 aliphatic heterocycles. The Morgan fingerprint density at radius 1 is 0.579 bits per heavy atom. The van der Waals surface area contributed by atoms with E-state index in [1.54, 1.807) is 13.8 Å². The average molecular weight is 529 g/mol. The number of hydrogen-bond acceptors (Lipinski definition) is 4. The monoisotopic (exact) mass is 528 g/mol. The number of fused-ring (bicyclic) bond motifs is 1. The second kappa shape index (κ2) is 19.1. The lowest BCUT2D eigenvalue weighted by Crippen LogP contribution is -2.04. The van der Waals surface area contributed by atoms with Crippen molar-refractivity contribution in [3.05, 3.63) is 33.2 Å². The summed E-state index contributed by atoms with van der Waals surface area (Å²) in [4.78, 5) is 12.6. The summed E-state index contributed by atoms with van der Waals surface area (Å²) in [6.07, 6.45) is 29.3. The van der Waals surface area contributed by atoms with Gasteiger partial charge in [0, 0.05) is 23.6 Å². The van der Waals surface area contributed by atoms with E-state index < -0.39 is 0 Å². The highest BCUT2D eigenvalue weighted by atomic mass is 16.3. The van der Waals surface area contributed by atoms with Crippen LogP contribution in [-0.2, 0) is 6.42 Å². The van der Waals surface area contributed by atoms with Gasteiger partial charge in [0.2, 0.25) is 0 Å². The number of aryl methyl sites for hydroxylation is 2. The first-order valence-electron chi connectivity index (χ1n) is 15.9. The number of benzene rings is 1. The SMILES string of the molecule is CCCCCCCCCCCCCCCCCCCCCCCc1cc(=O)c2c(O)c(C)c(O)c(C)c2o1. The Morgan fingerprint density at radius 2 is 0.974 bits per heavy atom. The van der Waals surface area contributed by atoms with Gasteiger partial charge in [-0.25, -0.2) is 0 Å². The second-order valence-electron chi connectivity index (χ2n) is 11.5. The van der Waals surface area contributed by atoms with E-state index in [-0.39, 0.29) is 22.3 Å². The normalized spacial score (nSPS) is 11.6. The molecule has 38 heavy (non-hydrogen) atoms. The predicted molar refractivity (Wildman–Crippen MR) is 162 cm³/mol. The van der Waals surface area contributed by atoms with Crippen molar-refractivity contribution in [3.8, 4) is 11.5 Å². The quantitative estimate of drug-likeness (QED) is 0.149. The summed E-state index contributed by atoms with van der Waals surface area (Å²) in [5.74, 6) is 0.438. The molecule has 0 atom stereocenters. The summed E-state index contributed by atoms with van der Waals surface area (Å²) in [5, 5.41) is 20.6. The maximum absolute atomic E-state index is 12.6. The molecule has 0 unspecified atom stereocenters. The van der Waals surface area contributed by atoms with Crippen LogP contribution in [0.3, 0.4) is 0 Å². The third-order valence-corrected chi connectivity index (χ3v) is 8.17. The van der Waals surface area contributed by atoms with Crippen LogP contribution in [-0.4, -0.2) is 10.2 Å². The Morgan fingerprint density at radius 3 is 1.39 bits per heavy atom. The van der Waals surface area contributed by atoms with Crippen LogP contribution in [0.25, 0.3) is 11.0 Å². The molecule has 0 bridgehead atoms. The van der Waals surface area contributed by atoms with E-state index in [1.165, 1.54) is 128 Å². The molecule has 0 spiro atoms. The van der Waals surface area contributed by atoms with Gasteiger partial charge in [0.1, 0.15) is 28.2 Å². The van der Waals surface area contributed by atoms with E-state index in [2.05, 4.69) is 6.92 Å². The van der Waals surface area contributed by atoms with Crippen molar-refractivity contribution in [2.45, 2.75) is 162 Å². The minimum atomic E-state index is -0.242. The smallest absolute Gasteiger partial charge is 0.196 e. The fourth-order valence-corrected chi connectivity index (χ4v) is 5.57. The Bertz CT molecular complexity index is 975. The maximum Gasteiger partial charge on any atom is 0.196 e. The molecular formula is C34H56O4. The third kappa shape index (κ3) is 11.4. The van der Waals surface area contributed by atoms with Gasteiger partial charge in [-0.2, -0.15) is 0 Å².